The summed E-state index contributed by atoms with van der Waals surface area (Å²) in [4.78, 5) is 11.7. The summed E-state index contributed by atoms with van der Waals surface area (Å²) < 4.78 is 5.33. The largest absolute Gasteiger partial charge is 0.462 e. The Hall–Kier alpha value is -2.40. The van der Waals surface area contributed by atoms with Crippen LogP contribution in [-0.2, 0) is 4.79 Å². The third-order valence-corrected chi connectivity index (χ3v) is 2.91. The Morgan fingerprint density at radius 3 is 2.48 bits per heavy atom. The van der Waals surface area contributed by atoms with E-state index in [-0.39, 0.29) is 11.0 Å². The fourth-order valence-corrected chi connectivity index (χ4v) is 1.87. The van der Waals surface area contributed by atoms with E-state index in [0.29, 0.717) is 5.76 Å². The van der Waals surface area contributed by atoms with Gasteiger partial charge < -0.3 is 9.73 Å². The van der Waals surface area contributed by atoms with Crippen molar-refractivity contribution in [3.63, 3.8) is 0 Å². The smallest absolute Gasteiger partial charge is 0.250 e. The van der Waals surface area contributed by atoms with Gasteiger partial charge in [-0.3, -0.25) is 10.1 Å². The van der Waals surface area contributed by atoms with Crippen LogP contribution in [0, 0.1) is 13.8 Å². The van der Waals surface area contributed by atoms with Crippen molar-refractivity contribution < 1.29 is 9.21 Å². The van der Waals surface area contributed by atoms with Gasteiger partial charge in [-0.25, -0.2) is 0 Å². The summed E-state index contributed by atoms with van der Waals surface area (Å²) >= 11 is 5.08. The third-order valence-electron chi connectivity index (χ3n) is 2.71. The van der Waals surface area contributed by atoms with Gasteiger partial charge in [0.15, 0.2) is 5.11 Å². The van der Waals surface area contributed by atoms with Crippen LogP contribution in [0.4, 0.5) is 5.69 Å². The summed E-state index contributed by atoms with van der Waals surface area (Å²) in [5.41, 5.74) is 1.99. The summed E-state index contributed by atoms with van der Waals surface area (Å²) in [7, 11) is 0. The van der Waals surface area contributed by atoms with Gasteiger partial charge in [0, 0.05) is 11.8 Å². The topological polar surface area (TPSA) is 54.3 Å². The minimum absolute atomic E-state index is 0.254. The molecule has 0 saturated heterocycles. The molecule has 1 aromatic heterocycles. The normalized spacial score (nSPS) is 10.6. The van der Waals surface area contributed by atoms with Gasteiger partial charge >= 0.3 is 0 Å². The number of rotatable bonds is 3. The molecule has 0 aliphatic carbocycles. The number of nitrogens with one attached hydrogen (secondary N) is 2. The van der Waals surface area contributed by atoms with Crippen LogP contribution in [0.1, 0.15) is 17.1 Å². The number of hydrogen-bond donors (Lipinski definition) is 2. The summed E-state index contributed by atoms with van der Waals surface area (Å²) in [6.07, 6.45) is 2.97. The van der Waals surface area contributed by atoms with Crippen LogP contribution in [0.15, 0.2) is 46.9 Å². The van der Waals surface area contributed by atoms with E-state index in [0.717, 1.165) is 17.0 Å². The van der Waals surface area contributed by atoms with Gasteiger partial charge in [-0.15, -0.1) is 0 Å². The van der Waals surface area contributed by atoms with Crippen molar-refractivity contribution in [2.45, 2.75) is 13.8 Å². The molecule has 2 aromatic rings. The zero-order chi connectivity index (χ0) is 15.2. The number of amides is 1. The molecule has 5 heteroatoms. The third kappa shape index (κ3) is 4.89. The predicted octanol–water partition coefficient (Wildman–Crippen LogP) is 3.42. The number of carbonyl (C=O) groups excluding carboxylic acids is 1. The monoisotopic (exact) mass is 300 g/mol. The van der Waals surface area contributed by atoms with Crippen molar-refractivity contribution >= 4 is 35.0 Å². The van der Waals surface area contributed by atoms with E-state index in [9.17, 15) is 4.79 Å². The van der Waals surface area contributed by atoms with Crippen molar-refractivity contribution in [3.8, 4) is 0 Å². The number of thiocarbonyl (C=S) groups is 1. The van der Waals surface area contributed by atoms with Gasteiger partial charge in [-0.05, 0) is 56.4 Å². The molecule has 2 N–H and O–H groups in total. The Bertz CT molecular complexity index is 672. The molecule has 108 valence electrons. The number of carbonyl (C=O) groups is 1. The first-order valence-electron chi connectivity index (χ1n) is 6.46. The molecule has 0 fully saturated rings. The van der Waals surface area contributed by atoms with E-state index in [4.69, 9.17) is 16.6 Å². The van der Waals surface area contributed by atoms with Crippen molar-refractivity contribution in [3.05, 3.63) is 59.6 Å². The van der Waals surface area contributed by atoms with Crippen molar-refractivity contribution in [2.24, 2.45) is 0 Å². The minimum atomic E-state index is -0.311. The molecule has 21 heavy (non-hydrogen) atoms. The Morgan fingerprint density at radius 1 is 1.14 bits per heavy atom. The van der Waals surface area contributed by atoms with E-state index in [1.165, 1.54) is 6.08 Å². The number of furan rings is 1. The highest BCUT2D eigenvalue weighted by Crippen LogP contribution is 2.09. The number of hydrogen-bond acceptors (Lipinski definition) is 3. The number of aryl methyl sites for hydroxylation is 2. The van der Waals surface area contributed by atoms with Crippen molar-refractivity contribution in [1.82, 2.24) is 5.32 Å². The zero-order valence-electron chi connectivity index (χ0n) is 11.8. The lowest BCUT2D eigenvalue weighted by Crippen LogP contribution is -2.32. The Kier molecular flexibility index (Phi) is 4.90. The SMILES string of the molecule is Cc1ccc(NC(=S)NC(=O)C=Cc2ccc(C)o2)cc1. The first kappa shape index (κ1) is 15.0. The molecule has 0 bridgehead atoms. The fraction of sp³-hybridized carbons (Fsp3) is 0.125. The maximum absolute atomic E-state index is 11.7. The quantitative estimate of drug-likeness (QED) is 0.673. The van der Waals surface area contributed by atoms with Gasteiger partial charge in [0.25, 0.3) is 0 Å². The first-order valence-corrected chi connectivity index (χ1v) is 6.87. The first-order chi connectivity index (χ1) is 10.0. The van der Waals surface area contributed by atoms with Gasteiger partial charge in [0.2, 0.25) is 5.91 Å². The molecule has 4 nitrogen and oxygen atoms in total. The Labute approximate surface area is 128 Å². The molecule has 1 heterocycles. The van der Waals surface area contributed by atoms with E-state index < -0.39 is 0 Å². The molecule has 1 amide bonds. The molecular weight excluding hydrogens is 284 g/mol. The van der Waals surface area contributed by atoms with Crippen LogP contribution in [0.25, 0.3) is 6.08 Å². The van der Waals surface area contributed by atoms with E-state index in [1.807, 2.05) is 44.2 Å². The predicted molar refractivity (Wildman–Crippen MR) is 88.0 cm³/mol. The molecule has 1 aromatic carbocycles. The summed E-state index contributed by atoms with van der Waals surface area (Å²) in [6.45, 7) is 3.85. The van der Waals surface area contributed by atoms with E-state index in [2.05, 4.69) is 10.6 Å². The Balaban J connectivity index is 1.86. The highest BCUT2D eigenvalue weighted by Gasteiger charge is 2.02. The van der Waals surface area contributed by atoms with Crippen LogP contribution in [0.5, 0.6) is 0 Å². The fourth-order valence-electron chi connectivity index (χ4n) is 1.65. The van der Waals surface area contributed by atoms with Gasteiger partial charge in [-0.2, -0.15) is 0 Å². The summed E-state index contributed by atoms with van der Waals surface area (Å²) in [5.74, 6) is 1.11. The minimum Gasteiger partial charge on any atom is -0.462 e. The second-order valence-corrected chi connectivity index (χ2v) is 5.00. The van der Waals surface area contributed by atoms with Gasteiger partial charge in [-0.1, -0.05) is 17.7 Å². The maximum atomic E-state index is 11.7. The zero-order valence-corrected chi connectivity index (χ0v) is 12.7. The Morgan fingerprint density at radius 2 is 1.86 bits per heavy atom. The van der Waals surface area contributed by atoms with Gasteiger partial charge in [0.05, 0.1) is 0 Å². The van der Waals surface area contributed by atoms with Crippen molar-refractivity contribution in [1.29, 1.82) is 0 Å². The highest BCUT2D eigenvalue weighted by molar-refractivity contribution is 7.80. The lowest BCUT2D eigenvalue weighted by molar-refractivity contribution is -0.115. The summed E-state index contributed by atoms with van der Waals surface area (Å²) in [5, 5.41) is 5.77. The molecule has 0 spiro atoms. The second-order valence-electron chi connectivity index (χ2n) is 4.59. The average molecular weight is 300 g/mol. The van der Waals surface area contributed by atoms with Crippen molar-refractivity contribution in [2.75, 3.05) is 5.32 Å². The second kappa shape index (κ2) is 6.85. The molecular formula is C16H16N2O2S. The van der Waals surface area contributed by atoms with Crippen LogP contribution >= 0.6 is 12.2 Å². The molecule has 0 radical (unpaired) electrons. The number of benzene rings is 1. The van der Waals surface area contributed by atoms with Crippen LogP contribution < -0.4 is 10.6 Å². The van der Waals surface area contributed by atoms with E-state index in [1.54, 1.807) is 12.1 Å². The van der Waals surface area contributed by atoms with Gasteiger partial charge in [0.1, 0.15) is 11.5 Å². The summed E-state index contributed by atoms with van der Waals surface area (Å²) in [6, 6.07) is 11.4. The average Bonchev–Trinajstić information content (AvgIpc) is 2.85. The molecule has 0 aliphatic rings. The molecule has 0 saturated carbocycles. The maximum Gasteiger partial charge on any atom is 0.250 e. The molecule has 0 atom stereocenters. The molecule has 0 unspecified atom stereocenters. The number of anilines is 1. The highest BCUT2D eigenvalue weighted by atomic mass is 32.1. The van der Waals surface area contributed by atoms with Crippen LogP contribution in [0.3, 0.4) is 0 Å². The lowest BCUT2D eigenvalue weighted by atomic mass is 10.2. The molecule has 2 rings (SSSR count). The van der Waals surface area contributed by atoms with Crippen LogP contribution in [-0.4, -0.2) is 11.0 Å². The van der Waals surface area contributed by atoms with E-state index >= 15 is 0 Å². The van der Waals surface area contributed by atoms with Crippen LogP contribution in [0.2, 0.25) is 0 Å². The standard InChI is InChI=1S/C16H16N2O2S/c1-11-3-6-13(7-4-11)17-16(21)18-15(19)10-9-14-8-5-12(2)20-14/h3-10H,1-2H3,(H2,17,18,19,21). The molecule has 0 aliphatic heterocycles. The lowest BCUT2D eigenvalue weighted by Gasteiger charge is -2.08.